The molecular formula is C11H22N2. The van der Waals surface area contributed by atoms with Crippen LogP contribution >= 0.6 is 0 Å². The molecule has 2 nitrogen and oxygen atoms in total. The lowest BCUT2D eigenvalue weighted by Crippen LogP contribution is -2.34. The van der Waals surface area contributed by atoms with Crippen molar-refractivity contribution in [1.29, 1.82) is 0 Å². The van der Waals surface area contributed by atoms with Crippen molar-refractivity contribution >= 4 is 0 Å². The Balaban J connectivity index is 1.74. The van der Waals surface area contributed by atoms with Gasteiger partial charge in [-0.1, -0.05) is 6.92 Å². The molecule has 1 unspecified atom stereocenters. The van der Waals surface area contributed by atoms with Gasteiger partial charge in [0, 0.05) is 12.1 Å². The molecule has 2 fully saturated rings. The standard InChI is InChI=1S/C11H22N2/c1-3-12-8-10-4-7-13(9-10)11(2)5-6-11/h10,12H,3-9H2,1-2H3. The maximum absolute atomic E-state index is 3.46. The molecule has 1 saturated heterocycles. The summed E-state index contributed by atoms with van der Waals surface area (Å²) in [6.45, 7) is 9.63. The number of rotatable bonds is 4. The van der Waals surface area contributed by atoms with E-state index in [4.69, 9.17) is 0 Å². The van der Waals surface area contributed by atoms with Gasteiger partial charge < -0.3 is 5.32 Å². The van der Waals surface area contributed by atoms with Crippen molar-refractivity contribution in [2.75, 3.05) is 26.2 Å². The van der Waals surface area contributed by atoms with Crippen LogP contribution in [-0.2, 0) is 0 Å². The lowest BCUT2D eigenvalue weighted by Gasteiger charge is -2.23. The fourth-order valence-electron chi connectivity index (χ4n) is 2.34. The summed E-state index contributed by atoms with van der Waals surface area (Å²) in [6, 6.07) is 0. The molecule has 1 heterocycles. The van der Waals surface area contributed by atoms with E-state index in [1.54, 1.807) is 0 Å². The number of likely N-dealkylation sites (tertiary alicyclic amines) is 1. The van der Waals surface area contributed by atoms with E-state index in [9.17, 15) is 0 Å². The van der Waals surface area contributed by atoms with E-state index in [2.05, 4.69) is 24.1 Å². The summed E-state index contributed by atoms with van der Waals surface area (Å²) in [5.41, 5.74) is 0.612. The molecule has 1 saturated carbocycles. The van der Waals surface area contributed by atoms with Crippen LogP contribution < -0.4 is 5.32 Å². The van der Waals surface area contributed by atoms with Gasteiger partial charge in [-0.05, 0) is 51.7 Å². The van der Waals surface area contributed by atoms with E-state index < -0.39 is 0 Å². The number of hydrogen-bond acceptors (Lipinski definition) is 2. The average Bonchev–Trinajstić information content (AvgIpc) is 2.69. The second-order valence-electron chi connectivity index (χ2n) is 4.91. The first kappa shape index (κ1) is 9.47. The maximum atomic E-state index is 3.46. The largest absolute Gasteiger partial charge is 0.317 e. The zero-order valence-electron chi connectivity index (χ0n) is 8.97. The zero-order valence-corrected chi connectivity index (χ0v) is 8.97. The molecule has 0 aromatic heterocycles. The summed E-state index contributed by atoms with van der Waals surface area (Å²) in [7, 11) is 0. The van der Waals surface area contributed by atoms with Crippen LogP contribution in [0.3, 0.4) is 0 Å². The SMILES string of the molecule is CCNCC1CCN(C2(C)CC2)C1. The molecule has 76 valence electrons. The molecule has 2 aliphatic rings. The molecule has 1 aliphatic carbocycles. The predicted molar refractivity (Wildman–Crippen MR) is 55.9 cm³/mol. The molecule has 2 rings (SSSR count). The van der Waals surface area contributed by atoms with Crippen LogP contribution in [0.2, 0.25) is 0 Å². The van der Waals surface area contributed by atoms with E-state index in [0.29, 0.717) is 5.54 Å². The van der Waals surface area contributed by atoms with Crippen LogP contribution in [0.15, 0.2) is 0 Å². The summed E-state index contributed by atoms with van der Waals surface area (Å²) in [5.74, 6) is 0.914. The fourth-order valence-corrected chi connectivity index (χ4v) is 2.34. The van der Waals surface area contributed by atoms with Gasteiger partial charge in [-0.3, -0.25) is 4.90 Å². The zero-order chi connectivity index (χ0) is 9.31. The third-order valence-corrected chi connectivity index (χ3v) is 3.71. The van der Waals surface area contributed by atoms with Crippen LogP contribution in [0.1, 0.15) is 33.1 Å². The van der Waals surface area contributed by atoms with Gasteiger partial charge in [0.25, 0.3) is 0 Å². The van der Waals surface area contributed by atoms with Gasteiger partial charge in [0.1, 0.15) is 0 Å². The minimum Gasteiger partial charge on any atom is -0.317 e. The smallest absolute Gasteiger partial charge is 0.0182 e. The van der Waals surface area contributed by atoms with E-state index in [-0.39, 0.29) is 0 Å². The summed E-state index contributed by atoms with van der Waals surface area (Å²) < 4.78 is 0. The molecule has 1 atom stereocenters. The lowest BCUT2D eigenvalue weighted by atomic mass is 10.1. The van der Waals surface area contributed by atoms with Crippen LogP contribution in [0.25, 0.3) is 0 Å². The second-order valence-corrected chi connectivity index (χ2v) is 4.91. The Hall–Kier alpha value is -0.0800. The maximum Gasteiger partial charge on any atom is 0.0182 e. The number of hydrogen-bond donors (Lipinski definition) is 1. The van der Waals surface area contributed by atoms with Gasteiger partial charge in [0.2, 0.25) is 0 Å². The fraction of sp³-hybridized carbons (Fsp3) is 1.00. The number of nitrogens with one attached hydrogen (secondary N) is 1. The van der Waals surface area contributed by atoms with Gasteiger partial charge in [0.05, 0.1) is 0 Å². The van der Waals surface area contributed by atoms with Gasteiger partial charge in [-0.2, -0.15) is 0 Å². The van der Waals surface area contributed by atoms with Crippen LogP contribution in [0.4, 0.5) is 0 Å². The Morgan fingerprint density at radius 3 is 2.85 bits per heavy atom. The molecule has 1 N–H and O–H groups in total. The van der Waals surface area contributed by atoms with E-state index in [1.165, 1.54) is 38.9 Å². The first-order valence-corrected chi connectivity index (χ1v) is 5.70. The minimum absolute atomic E-state index is 0.612. The number of nitrogens with zero attached hydrogens (tertiary/aromatic N) is 1. The molecule has 0 amide bonds. The van der Waals surface area contributed by atoms with Crippen LogP contribution in [0.5, 0.6) is 0 Å². The van der Waals surface area contributed by atoms with Gasteiger partial charge in [-0.15, -0.1) is 0 Å². The van der Waals surface area contributed by atoms with Crippen molar-refractivity contribution in [3.8, 4) is 0 Å². The van der Waals surface area contributed by atoms with E-state index in [1.807, 2.05) is 0 Å². The highest BCUT2D eigenvalue weighted by molar-refractivity contribution is 5.02. The normalized spacial score (nSPS) is 32.3. The van der Waals surface area contributed by atoms with Gasteiger partial charge in [0.15, 0.2) is 0 Å². The third-order valence-electron chi connectivity index (χ3n) is 3.71. The molecular weight excluding hydrogens is 160 g/mol. The van der Waals surface area contributed by atoms with Crippen LogP contribution in [0, 0.1) is 5.92 Å². The van der Waals surface area contributed by atoms with Crippen molar-refractivity contribution in [2.24, 2.45) is 5.92 Å². The summed E-state index contributed by atoms with van der Waals surface area (Å²) >= 11 is 0. The average molecular weight is 182 g/mol. The first-order chi connectivity index (χ1) is 6.24. The topological polar surface area (TPSA) is 15.3 Å². The summed E-state index contributed by atoms with van der Waals surface area (Å²) in [6.07, 6.45) is 4.27. The van der Waals surface area contributed by atoms with E-state index in [0.717, 1.165) is 12.5 Å². The molecule has 2 heteroatoms. The van der Waals surface area contributed by atoms with Crippen molar-refractivity contribution in [2.45, 2.75) is 38.6 Å². The lowest BCUT2D eigenvalue weighted by molar-refractivity contribution is 0.229. The Bertz CT molecular complexity index is 175. The Kier molecular flexibility index (Phi) is 2.61. The molecule has 0 aromatic rings. The highest BCUT2D eigenvalue weighted by atomic mass is 15.2. The van der Waals surface area contributed by atoms with Gasteiger partial charge >= 0.3 is 0 Å². The monoisotopic (exact) mass is 182 g/mol. The highest BCUT2D eigenvalue weighted by Gasteiger charge is 2.45. The third kappa shape index (κ3) is 2.05. The molecule has 0 bridgehead atoms. The quantitative estimate of drug-likeness (QED) is 0.708. The Morgan fingerprint density at radius 1 is 1.46 bits per heavy atom. The predicted octanol–water partition coefficient (Wildman–Crippen LogP) is 1.47. The molecule has 0 radical (unpaired) electrons. The van der Waals surface area contributed by atoms with Crippen LogP contribution in [-0.4, -0.2) is 36.6 Å². The van der Waals surface area contributed by atoms with E-state index >= 15 is 0 Å². The Labute approximate surface area is 81.7 Å². The second kappa shape index (κ2) is 3.58. The highest BCUT2D eigenvalue weighted by Crippen LogP contribution is 2.43. The molecule has 1 aliphatic heterocycles. The van der Waals surface area contributed by atoms with Crippen molar-refractivity contribution in [3.63, 3.8) is 0 Å². The minimum atomic E-state index is 0.612. The Morgan fingerprint density at radius 2 is 2.23 bits per heavy atom. The summed E-state index contributed by atoms with van der Waals surface area (Å²) in [5, 5.41) is 3.46. The van der Waals surface area contributed by atoms with Gasteiger partial charge in [-0.25, -0.2) is 0 Å². The van der Waals surface area contributed by atoms with Crippen molar-refractivity contribution < 1.29 is 0 Å². The molecule has 13 heavy (non-hydrogen) atoms. The molecule has 0 aromatic carbocycles. The summed E-state index contributed by atoms with van der Waals surface area (Å²) in [4.78, 5) is 2.70. The van der Waals surface area contributed by atoms with Crippen molar-refractivity contribution in [3.05, 3.63) is 0 Å². The van der Waals surface area contributed by atoms with Crippen molar-refractivity contribution in [1.82, 2.24) is 10.2 Å². The molecule has 0 spiro atoms. The first-order valence-electron chi connectivity index (χ1n) is 5.70.